The average molecular weight is 289 g/mol. The fourth-order valence-corrected chi connectivity index (χ4v) is 1.99. The molecule has 2 unspecified atom stereocenters. The van der Waals surface area contributed by atoms with Crippen molar-refractivity contribution in [3.8, 4) is 0 Å². The molecular weight excluding hydrogens is 276 g/mol. The maximum Gasteiger partial charge on any atom is 0.329 e. The zero-order chi connectivity index (χ0) is 14.0. The van der Waals surface area contributed by atoms with E-state index in [0.29, 0.717) is 13.0 Å². The molecule has 2 rings (SSSR count). The average Bonchev–Trinajstić information content (AvgIpc) is 2.67. The number of hydrogen-bond acceptors (Lipinski definition) is 7. The highest BCUT2D eigenvalue weighted by Crippen LogP contribution is 2.28. The van der Waals surface area contributed by atoms with E-state index in [1.807, 2.05) is 0 Å². The standard InChI is InChI=1S/C10H13ClN4O4/c1-6-10(16,2-3-19-6)5-13-8-7(15(17)18)4-12-9(11)14-8/h4,6,16H,2-3,5H2,1H3,(H,12,13,14). The number of anilines is 1. The Labute approximate surface area is 113 Å². The van der Waals surface area contributed by atoms with E-state index in [4.69, 9.17) is 16.3 Å². The molecule has 0 radical (unpaired) electrons. The van der Waals surface area contributed by atoms with Crippen LogP contribution in [0.3, 0.4) is 0 Å². The van der Waals surface area contributed by atoms with Crippen molar-refractivity contribution < 1.29 is 14.8 Å². The predicted molar refractivity (Wildman–Crippen MR) is 67.2 cm³/mol. The van der Waals surface area contributed by atoms with Gasteiger partial charge in [0.1, 0.15) is 11.8 Å². The van der Waals surface area contributed by atoms with Crippen molar-refractivity contribution in [1.82, 2.24) is 9.97 Å². The van der Waals surface area contributed by atoms with Gasteiger partial charge < -0.3 is 15.2 Å². The lowest BCUT2D eigenvalue weighted by molar-refractivity contribution is -0.384. The van der Waals surface area contributed by atoms with Crippen molar-refractivity contribution in [2.45, 2.75) is 25.0 Å². The lowest BCUT2D eigenvalue weighted by Gasteiger charge is -2.26. The lowest BCUT2D eigenvalue weighted by atomic mass is 9.97. The summed E-state index contributed by atoms with van der Waals surface area (Å²) in [7, 11) is 0. The quantitative estimate of drug-likeness (QED) is 0.483. The molecule has 2 heterocycles. The number of halogens is 1. The van der Waals surface area contributed by atoms with Crippen LogP contribution in [0.4, 0.5) is 11.5 Å². The molecule has 19 heavy (non-hydrogen) atoms. The highest BCUT2D eigenvalue weighted by molar-refractivity contribution is 6.28. The molecule has 1 aliphatic heterocycles. The molecule has 0 aromatic carbocycles. The minimum absolute atomic E-state index is 0.0162. The van der Waals surface area contributed by atoms with E-state index in [0.717, 1.165) is 6.20 Å². The number of hydrogen-bond donors (Lipinski definition) is 2. The molecule has 0 bridgehead atoms. The number of ether oxygens (including phenoxy) is 1. The zero-order valence-corrected chi connectivity index (χ0v) is 10.9. The first-order chi connectivity index (χ1) is 8.92. The largest absolute Gasteiger partial charge is 0.385 e. The number of nitrogens with one attached hydrogen (secondary N) is 1. The number of aromatic nitrogens is 2. The summed E-state index contributed by atoms with van der Waals surface area (Å²) >= 11 is 5.61. The first-order valence-corrected chi connectivity index (χ1v) is 6.05. The molecular formula is C10H13ClN4O4. The van der Waals surface area contributed by atoms with Crippen LogP contribution in [-0.2, 0) is 4.74 Å². The van der Waals surface area contributed by atoms with Gasteiger partial charge in [0.25, 0.3) is 0 Å². The molecule has 1 aromatic rings. The van der Waals surface area contributed by atoms with E-state index < -0.39 is 10.5 Å². The van der Waals surface area contributed by atoms with Gasteiger partial charge in [-0.3, -0.25) is 10.1 Å². The van der Waals surface area contributed by atoms with Gasteiger partial charge >= 0.3 is 5.69 Å². The van der Waals surface area contributed by atoms with Crippen molar-refractivity contribution in [1.29, 1.82) is 0 Å². The SMILES string of the molecule is CC1OCCC1(O)CNc1nc(Cl)ncc1[N+](=O)[O-]. The van der Waals surface area contributed by atoms with E-state index in [2.05, 4.69) is 15.3 Å². The third-order valence-electron chi connectivity index (χ3n) is 3.16. The summed E-state index contributed by atoms with van der Waals surface area (Å²) in [6.45, 7) is 2.28. The van der Waals surface area contributed by atoms with Crippen molar-refractivity contribution in [3.05, 3.63) is 21.6 Å². The first kappa shape index (κ1) is 13.9. The third kappa shape index (κ3) is 2.91. The van der Waals surface area contributed by atoms with Crippen molar-refractivity contribution >= 4 is 23.1 Å². The molecule has 1 aromatic heterocycles. The summed E-state index contributed by atoms with van der Waals surface area (Å²) in [6.07, 6.45) is 1.13. The van der Waals surface area contributed by atoms with Gasteiger partial charge in [-0.25, -0.2) is 4.98 Å². The van der Waals surface area contributed by atoms with Crippen LogP contribution in [0.25, 0.3) is 0 Å². The monoisotopic (exact) mass is 288 g/mol. The molecule has 0 saturated carbocycles. The van der Waals surface area contributed by atoms with Crippen LogP contribution < -0.4 is 5.32 Å². The summed E-state index contributed by atoms with van der Waals surface area (Å²) in [5.74, 6) is -0.0162. The van der Waals surface area contributed by atoms with Gasteiger partial charge in [0.15, 0.2) is 0 Å². The Balaban J connectivity index is 2.15. The Kier molecular flexibility index (Phi) is 3.83. The first-order valence-electron chi connectivity index (χ1n) is 5.67. The summed E-state index contributed by atoms with van der Waals surface area (Å²) in [5.41, 5.74) is -1.37. The minimum Gasteiger partial charge on any atom is -0.385 e. The Bertz CT molecular complexity index is 500. The molecule has 2 N–H and O–H groups in total. The van der Waals surface area contributed by atoms with E-state index >= 15 is 0 Å². The Morgan fingerprint density at radius 3 is 3.11 bits per heavy atom. The summed E-state index contributed by atoms with van der Waals surface area (Å²) in [6, 6.07) is 0. The van der Waals surface area contributed by atoms with Crippen LogP contribution >= 0.6 is 11.6 Å². The fourth-order valence-electron chi connectivity index (χ4n) is 1.86. The highest BCUT2D eigenvalue weighted by Gasteiger charge is 2.39. The van der Waals surface area contributed by atoms with Gasteiger partial charge in [0, 0.05) is 19.6 Å². The van der Waals surface area contributed by atoms with Gasteiger partial charge in [-0.2, -0.15) is 4.98 Å². The van der Waals surface area contributed by atoms with Crippen LogP contribution in [0.5, 0.6) is 0 Å². The van der Waals surface area contributed by atoms with Crippen LogP contribution in [0.2, 0.25) is 5.28 Å². The van der Waals surface area contributed by atoms with Crippen LogP contribution in [-0.4, -0.2) is 44.9 Å². The van der Waals surface area contributed by atoms with Gasteiger partial charge in [-0.05, 0) is 18.5 Å². The van der Waals surface area contributed by atoms with Crippen LogP contribution in [0.15, 0.2) is 6.20 Å². The lowest BCUT2D eigenvalue weighted by Crippen LogP contribution is -2.43. The second kappa shape index (κ2) is 5.24. The second-order valence-corrected chi connectivity index (χ2v) is 4.69. The third-order valence-corrected chi connectivity index (χ3v) is 3.34. The maximum atomic E-state index is 10.8. The van der Waals surface area contributed by atoms with Gasteiger partial charge in [-0.1, -0.05) is 0 Å². The minimum atomic E-state index is -1.08. The highest BCUT2D eigenvalue weighted by atomic mass is 35.5. The topological polar surface area (TPSA) is 110 Å². The number of rotatable bonds is 4. The summed E-state index contributed by atoms with van der Waals surface area (Å²) in [5, 5.41) is 23.8. The predicted octanol–water partition coefficient (Wildman–Crippen LogP) is 0.990. The van der Waals surface area contributed by atoms with E-state index in [-0.39, 0.29) is 29.4 Å². The molecule has 104 valence electrons. The zero-order valence-electron chi connectivity index (χ0n) is 10.2. The molecule has 1 saturated heterocycles. The van der Waals surface area contributed by atoms with Gasteiger partial charge in [0.2, 0.25) is 11.1 Å². The van der Waals surface area contributed by atoms with Gasteiger partial charge in [0.05, 0.1) is 11.0 Å². The molecule has 0 amide bonds. The number of nitro groups is 1. The fraction of sp³-hybridized carbons (Fsp3) is 0.600. The van der Waals surface area contributed by atoms with E-state index in [1.54, 1.807) is 6.92 Å². The second-order valence-electron chi connectivity index (χ2n) is 4.35. The van der Waals surface area contributed by atoms with E-state index in [1.165, 1.54) is 0 Å². The summed E-state index contributed by atoms with van der Waals surface area (Å²) < 4.78 is 5.28. The Morgan fingerprint density at radius 1 is 1.79 bits per heavy atom. The van der Waals surface area contributed by atoms with Crippen LogP contribution in [0, 0.1) is 10.1 Å². The maximum absolute atomic E-state index is 10.8. The number of nitrogens with zero attached hydrogens (tertiary/aromatic N) is 3. The summed E-state index contributed by atoms with van der Waals surface area (Å²) in [4.78, 5) is 17.5. The normalized spacial score (nSPS) is 26.4. The Morgan fingerprint density at radius 2 is 2.53 bits per heavy atom. The van der Waals surface area contributed by atoms with Crippen molar-refractivity contribution in [2.75, 3.05) is 18.5 Å². The molecule has 2 atom stereocenters. The molecule has 0 spiro atoms. The molecule has 1 aliphatic rings. The Hall–Kier alpha value is -1.51. The van der Waals surface area contributed by atoms with Crippen molar-refractivity contribution in [2.24, 2.45) is 0 Å². The smallest absolute Gasteiger partial charge is 0.329 e. The van der Waals surface area contributed by atoms with Crippen LogP contribution in [0.1, 0.15) is 13.3 Å². The van der Waals surface area contributed by atoms with Gasteiger partial charge in [-0.15, -0.1) is 0 Å². The van der Waals surface area contributed by atoms with Crippen molar-refractivity contribution in [3.63, 3.8) is 0 Å². The molecule has 0 aliphatic carbocycles. The molecule has 1 fully saturated rings. The molecule has 8 nitrogen and oxygen atoms in total. The number of aliphatic hydroxyl groups is 1. The van der Waals surface area contributed by atoms with E-state index in [9.17, 15) is 15.2 Å². The molecule has 9 heteroatoms.